The van der Waals surface area contributed by atoms with Crippen LogP contribution in [0, 0.1) is 12.3 Å². The fraction of sp³-hybridized carbons (Fsp3) is 0.250. The number of anilines is 3. The molecule has 0 spiro atoms. The standard InChI is InChI=1S/C28H31N5O3.ClH/c1-19-7-9-21(10-8-19)27(35)30-24-5-3-6-25(34)26(24)31-28(36)22-11-13-23(14-12-22)33-16-4-15-32(17-18-33)20(2)29;/h3,5-14,29,34H,4,15-18H2,1-2H3,(H,30,35)(H,31,36);1H. The summed E-state index contributed by atoms with van der Waals surface area (Å²) in [6.07, 6.45) is 0.961. The highest BCUT2D eigenvalue weighted by atomic mass is 35.5. The highest BCUT2D eigenvalue weighted by Crippen LogP contribution is 2.32. The summed E-state index contributed by atoms with van der Waals surface area (Å²) in [5.74, 6) is -0.287. The van der Waals surface area contributed by atoms with Gasteiger partial charge in [-0.15, -0.1) is 12.4 Å². The molecule has 1 heterocycles. The fourth-order valence-electron chi connectivity index (χ4n) is 4.20. The van der Waals surface area contributed by atoms with Crippen molar-refractivity contribution in [2.24, 2.45) is 0 Å². The van der Waals surface area contributed by atoms with Crippen molar-refractivity contribution in [2.75, 3.05) is 41.7 Å². The van der Waals surface area contributed by atoms with Crippen LogP contribution in [0.3, 0.4) is 0 Å². The third kappa shape index (κ3) is 6.80. The number of nitrogens with one attached hydrogen (secondary N) is 3. The molecule has 0 saturated carbocycles. The molecule has 37 heavy (non-hydrogen) atoms. The van der Waals surface area contributed by atoms with Gasteiger partial charge in [0.05, 0.1) is 11.5 Å². The summed E-state index contributed by atoms with van der Waals surface area (Å²) < 4.78 is 0. The van der Waals surface area contributed by atoms with Gasteiger partial charge in [0.25, 0.3) is 11.8 Å². The number of hydrogen-bond donors (Lipinski definition) is 4. The second kappa shape index (κ2) is 12.3. The van der Waals surface area contributed by atoms with E-state index in [1.54, 1.807) is 36.4 Å². The van der Waals surface area contributed by atoms with Crippen LogP contribution in [-0.4, -0.2) is 53.8 Å². The van der Waals surface area contributed by atoms with E-state index in [1.807, 2.05) is 38.1 Å². The monoisotopic (exact) mass is 521 g/mol. The van der Waals surface area contributed by atoms with Crippen molar-refractivity contribution in [3.05, 3.63) is 83.4 Å². The maximum Gasteiger partial charge on any atom is 0.255 e. The van der Waals surface area contributed by atoms with Gasteiger partial charge in [0.1, 0.15) is 11.4 Å². The Hall–Kier alpha value is -4.04. The maximum atomic E-state index is 13.0. The molecule has 1 fully saturated rings. The zero-order chi connectivity index (χ0) is 25.7. The molecule has 1 saturated heterocycles. The van der Waals surface area contributed by atoms with E-state index in [0.717, 1.165) is 43.9 Å². The van der Waals surface area contributed by atoms with E-state index < -0.39 is 5.91 Å². The van der Waals surface area contributed by atoms with Crippen LogP contribution < -0.4 is 15.5 Å². The van der Waals surface area contributed by atoms with Gasteiger partial charge in [-0.2, -0.15) is 0 Å². The Bertz CT molecular complexity index is 1260. The van der Waals surface area contributed by atoms with Crippen molar-refractivity contribution < 1.29 is 14.7 Å². The van der Waals surface area contributed by atoms with Crippen LogP contribution in [0.4, 0.5) is 17.1 Å². The summed E-state index contributed by atoms with van der Waals surface area (Å²) in [4.78, 5) is 30.0. The number of aryl methyl sites for hydroxylation is 1. The number of carbonyl (C=O) groups is 2. The van der Waals surface area contributed by atoms with E-state index >= 15 is 0 Å². The number of amidine groups is 1. The average Bonchev–Trinajstić information content (AvgIpc) is 3.13. The number of nitrogens with zero attached hydrogens (tertiary/aromatic N) is 2. The summed E-state index contributed by atoms with van der Waals surface area (Å²) in [6.45, 7) is 7.11. The van der Waals surface area contributed by atoms with Crippen LogP contribution in [0.25, 0.3) is 0 Å². The van der Waals surface area contributed by atoms with Crippen LogP contribution in [-0.2, 0) is 0 Å². The Balaban J connectivity index is 0.00000380. The fourth-order valence-corrected chi connectivity index (χ4v) is 4.20. The second-order valence-corrected chi connectivity index (χ2v) is 8.93. The molecule has 8 nitrogen and oxygen atoms in total. The molecule has 0 aliphatic carbocycles. The zero-order valence-corrected chi connectivity index (χ0v) is 21.8. The summed E-state index contributed by atoms with van der Waals surface area (Å²) in [5, 5.41) is 23.8. The molecule has 0 bridgehead atoms. The topological polar surface area (TPSA) is 109 Å². The molecule has 0 atom stereocenters. The minimum atomic E-state index is -0.393. The highest BCUT2D eigenvalue weighted by molar-refractivity contribution is 6.11. The van der Waals surface area contributed by atoms with Crippen molar-refractivity contribution in [3.8, 4) is 5.75 Å². The lowest BCUT2D eigenvalue weighted by atomic mass is 10.1. The van der Waals surface area contributed by atoms with Crippen molar-refractivity contribution >= 4 is 47.1 Å². The van der Waals surface area contributed by atoms with Crippen molar-refractivity contribution in [3.63, 3.8) is 0 Å². The largest absolute Gasteiger partial charge is 0.506 e. The van der Waals surface area contributed by atoms with E-state index in [4.69, 9.17) is 5.41 Å². The van der Waals surface area contributed by atoms with E-state index in [0.29, 0.717) is 22.6 Å². The lowest BCUT2D eigenvalue weighted by molar-refractivity contribution is 0.101. The smallest absolute Gasteiger partial charge is 0.255 e. The Kier molecular flexibility index (Phi) is 9.14. The minimum Gasteiger partial charge on any atom is -0.506 e. The number of hydrogen-bond acceptors (Lipinski definition) is 5. The Labute approximate surface area is 223 Å². The first-order valence-corrected chi connectivity index (χ1v) is 12.0. The van der Waals surface area contributed by atoms with Crippen LogP contribution in [0.5, 0.6) is 5.75 Å². The van der Waals surface area contributed by atoms with E-state index in [-0.39, 0.29) is 29.8 Å². The van der Waals surface area contributed by atoms with E-state index in [2.05, 4.69) is 20.4 Å². The van der Waals surface area contributed by atoms with Crippen LogP contribution in [0.2, 0.25) is 0 Å². The molecule has 1 aliphatic rings. The number of halogens is 1. The average molecular weight is 522 g/mol. The number of amides is 2. The van der Waals surface area contributed by atoms with Gasteiger partial charge in [-0.05, 0) is 68.8 Å². The number of phenolic OH excluding ortho intramolecular Hbond substituents is 1. The van der Waals surface area contributed by atoms with Gasteiger partial charge in [-0.25, -0.2) is 0 Å². The number of aromatic hydroxyl groups is 1. The molecule has 4 N–H and O–H groups in total. The molecule has 3 aromatic carbocycles. The highest BCUT2D eigenvalue weighted by Gasteiger charge is 2.18. The third-order valence-corrected chi connectivity index (χ3v) is 6.31. The predicted molar refractivity (Wildman–Crippen MR) is 151 cm³/mol. The molecule has 4 rings (SSSR count). The van der Waals surface area contributed by atoms with Gasteiger partial charge < -0.3 is 25.5 Å². The molecule has 0 aromatic heterocycles. The maximum absolute atomic E-state index is 13.0. The van der Waals surface area contributed by atoms with E-state index in [9.17, 15) is 14.7 Å². The Morgan fingerprint density at radius 1 is 0.838 bits per heavy atom. The molecule has 3 aromatic rings. The van der Waals surface area contributed by atoms with Crippen molar-refractivity contribution in [1.82, 2.24) is 4.90 Å². The second-order valence-electron chi connectivity index (χ2n) is 8.93. The van der Waals surface area contributed by atoms with Gasteiger partial charge >= 0.3 is 0 Å². The van der Waals surface area contributed by atoms with Crippen molar-refractivity contribution in [1.29, 1.82) is 5.41 Å². The number of rotatable bonds is 5. The van der Waals surface area contributed by atoms with Gasteiger partial charge in [-0.1, -0.05) is 23.8 Å². The molecule has 194 valence electrons. The molecule has 9 heteroatoms. The van der Waals surface area contributed by atoms with Gasteiger partial charge in [0.2, 0.25) is 0 Å². The van der Waals surface area contributed by atoms with Gasteiger partial charge in [0.15, 0.2) is 0 Å². The van der Waals surface area contributed by atoms with Crippen LogP contribution >= 0.6 is 12.4 Å². The zero-order valence-electron chi connectivity index (χ0n) is 21.0. The summed E-state index contributed by atoms with van der Waals surface area (Å²) >= 11 is 0. The number of carbonyl (C=O) groups excluding carboxylic acids is 2. The first-order valence-electron chi connectivity index (χ1n) is 12.0. The summed E-state index contributed by atoms with van der Waals surface area (Å²) in [5.41, 5.74) is 3.42. The molecule has 2 amide bonds. The number of phenols is 1. The Morgan fingerprint density at radius 2 is 1.46 bits per heavy atom. The first-order chi connectivity index (χ1) is 17.3. The lowest BCUT2D eigenvalue weighted by Crippen LogP contribution is -2.33. The third-order valence-electron chi connectivity index (χ3n) is 6.31. The Morgan fingerprint density at radius 3 is 2.11 bits per heavy atom. The van der Waals surface area contributed by atoms with Gasteiger partial charge in [0, 0.05) is 43.0 Å². The molecular formula is C28H32ClN5O3. The van der Waals surface area contributed by atoms with Crippen LogP contribution in [0.15, 0.2) is 66.7 Å². The van der Waals surface area contributed by atoms with Crippen molar-refractivity contribution in [2.45, 2.75) is 20.3 Å². The molecule has 0 unspecified atom stereocenters. The normalized spacial score (nSPS) is 13.2. The SMILES string of the molecule is CC(=N)N1CCCN(c2ccc(C(=O)Nc3c(O)cccc3NC(=O)c3ccc(C)cc3)cc2)CC1.Cl. The number of benzene rings is 3. The molecule has 1 aliphatic heterocycles. The quantitative estimate of drug-likeness (QED) is 0.211. The molecule has 0 radical (unpaired) electrons. The summed E-state index contributed by atoms with van der Waals surface area (Å²) in [7, 11) is 0. The summed E-state index contributed by atoms with van der Waals surface area (Å²) in [6, 6.07) is 19.2. The lowest BCUT2D eigenvalue weighted by Gasteiger charge is -2.24. The van der Waals surface area contributed by atoms with E-state index in [1.165, 1.54) is 6.07 Å². The first kappa shape index (κ1) is 27.5. The van der Waals surface area contributed by atoms with Gasteiger partial charge in [-0.3, -0.25) is 15.0 Å². The van der Waals surface area contributed by atoms with Crippen LogP contribution in [0.1, 0.15) is 39.6 Å². The predicted octanol–water partition coefficient (Wildman–Crippen LogP) is 5.14. The minimum absolute atomic E-state index is 0. The number of para-hydroxylation sites is 1. The molecular weight excluding hydrogens is 490 g/mol.